The molecule has 1 aliphatic rings. The van der Waals surface area contributed by atoms with Gasteiger partial charge in [0.15, 0.2) is 0 Å². The van der Waals surface area contributed by atoms with E-state index in [-0.39, 0.29) is 6.04 Å². The molecule has 84 valence electrons. The minimum Gasteiger partial charge on any atom is -0.345 e. The van der Waals surface area contributed by atoms with Gasteiger partial charge in [-0.2, -0.15) is 0 Å². The Labute approximate surface area is 91.5 Å². The van der Waals surface area contributed by atoms with Gasteiger partial charge in [0.2, 0.25) is 0 Å². The van der Waals surface area contributed by atoms with Crippen LogP contribution in [0.25, 0.3) is 0 Å². The van der Waals surface area contributed by atoms with E-state index < -0.39 is 0 Å². The molecule has 0 bridgehead atoms. The maximum absolute atomic E-state index is 6.05. The van der Waals surface area contributed by atoms with Crippen molar-refractivity contribution in [3.8, 4) is 0 Å². The fourth-order valence-corrected chi connectivity index (χ4v) is 2.38. The second-order valence-corrected chi connectivity index (χ2v) is 4.67. The molecule has 2 unspecified atom stereocenters. The van der Waals surface area contributed by atoms with Crippen LogP contribution < -0.4 is 5.73 Å². The predicted molar refractivity (Wildman–Crippen MR) is 61.8 cm³/mol. The Morgan fingerprint density at radius 1 is 1.60 bits per heavy atom. The van der Waals surface area contributed by atoms with Crippen LogP contribution in [0.2, 0.25) is 0 Å². The van der Waals surface area contributed by atoms with Crippen LogP contribution in [0.4, 0.5) is 0 Å². The molecular weight excluding hydrogens is 186 g/mol. The van der Waals surface area contributed by atoms with E-state index in [1.165, 1.54) is 25.0 Å². The zero-order valence-electron chi connectivity index (χ0n) is 9.71. The summed E-state index contributed by atoms with van der Waals surface area (Å²) < 4.78 is 0. The van der Waals surface area contributed by atoms with Crippen LogP contribution in [0.5, 0.6) is 0 Å². The van der Waals surface area contributed by atoms with Crippen molar-refractivity contribution in [2.75, 3.05) is 0 Å². The topological polar surface area (TPSA) is 54.7 Å². The average molecular weight is 207 g/mol. The molecule has 0 amide bonds. The lowest BCUT2D eigenvalue weighted by atomic mass is 9.97. The Hall–Kier alpha value is -0.830. The molecule has 3 N–H and O–H groups in total. The minimum atomic E-state index is 0.160. The Morgan fingerprint density at radius 3 is 3.07 bits per heavy atom. The summed E-state index contributed by atoms with van der Waals surface area (Å²) in [5, 5.41) is 0. The second-order valence-electron chi connectivity index (χ2n) is 4.67. The average Bonchev–Trinajstić information content (AvgIpc) is 2.63. The van der Waals surface area contributed by atoms with Crippen molar-refractivity contribution in [2.45, 2.75) is 57.9 Å². The fraction of sp³-hybridized carbons (Fsp3) is 0.750. The first kappa shape index (κ1) is 10.7. The van der Waals surface area contributed by atoms with Crippen molar-refractivity contribution in [1.29, 1.82) is 0 Å². The minimum absolute atomic E-state index is 0.160. The van der Waals surface area contributed by atoms with Crippen LogP contribution in [-0.2, 0) is 6.42 Å². The van der Waals surface area contributed by atoms with Crippen molar-refractivity contribution in [2.24, 2.45) is 5.73 Å². The molecular formula is C12H21N3. The van der Waals surface area contributed by atoms with Crippen LogP contribution in [0, 0.1) is 0 Å². The summed E-state index contributed by atoms with van der Waals surface area (Å²) in [7, 11) is 0. The van der Waals surface area contributed by atoms with Gasteiger partial charge in [-0.1, -0.05) is 20.3 Å². The van der Waals surface area contributed by atoms with E-state index in [1.54, 1.807) is 0 Å². The zero-order valence-corrected chi connectivity index (χ0v) is 9.71. The van der Waals surface area contributed by atoms with E-state index in [4.69, 9.17) is 5.73 Å². The molecule has 1 aliphatic carbocycles. The molecule has 1 heterocycles. The summed E-state index contributed by atoms with van der Waals surface area (Å²) in [6.07, 6.45) is 5.80. The molecule has 0 saturated heterocycles. The van der Waals surface area contributed by atoms with Gasteiger partial charge >= 0.3 is 0 Å². The largest absolute Gasteiger partial charge is 0.345 e. The number of imidazole rings is 1. The van der Waals surface area contributed by atoms with Gasteiger partial charge < -0.3 is 10.7 Å². The number of aryl methyl sites for hydroxylation is 1. The van der Waals surface area contributed by atoms with E-state index >= 15 is 0 Å². The molecule has 0 radical (unpaired) electrons. The van der Waals surface area contributed by atoms with Crippen LogP contribution in [0.15, 0.2) is 0 Å². The quantitative estimate of drug-likeness (QED) is 0.800. The van der Waals surface area contributed by atoms with E-state index in [0.717, 1.165) is 24.4 Å². The summed E-state index contributed by atoms with van der Waals surface area (Å²) in [6.45, 7) is 4.45. The molecule has 2 atom stereocenters. The van der Waals surface area contributed by atoms with Gasteiger partial charge in [-0.15, -0.1) is 0 Å². The SMILES string of the molecule is CCCC(C)c1nc2c([nH]1)CCCC2N. The molecule has 15 heavy (non-hydrogen) atoms. The van der Waals surface area contributed by atoms with Gasteiger partial charge in [-0.05, 0) is 25.7 Å². The molecule has 1 aromatic heterocycles. The number of nitrogens with two attached hydrogens (primary N) is 1. The highest BCUT2D eigenvalue weighted by atomic mass is 15.0. The normalized spacial score (nSPS) is 22.5. The number of hydrogen-bond donors (Lipinski definition) is 2. The number of H-pyrrole nitrogens is 1. The third-order valence-electron chi connectivity index (χ3n) is 3.31. The van der Waals surface area contributed by atoms with Crippen LogP contribution >= 0.6 is 0 Å². The Bertz CT molecular complexity index is 330. The predicted octanol–water partition coefficient (Wildman–Crippen LogP) is 2.65. The smallest absolute Gasteiger partial charge is 0.109 e. The zero-order chi connectivity index (χ0) is 10.8. The molecule has 0 fully saturated rings. The Morgan fingerprint density at radius 2 is 2.40 bits per heavy atom. The lowest BCUT2D eigenvalue weighted by Crippen LogP contribution is -2.17. The molecule has 0 saturated carbocycles. The van der Waals surface area contributed by atoms with Crippen molar-refractivity contribution >= 4 is 0 Å². The number of nitrogens with one attached hydrogen (secondary N) is 1. The molecule has 0 aromatic carbocycles. The molecule has 1 aromatic rings. The van der Waals surface area contributed by atoms with Crippen LogP contribution in [0.1, 0.15) is 68.7 Å². The Kier molecular flexibility index (Phi) is 3.10. The van der Waals surface area contributed by atoms with Gasteiger partial charge in [0.1, 0.15) is 5.82 Å². The number of fused-ring (bicyclic) bond motifs is 1. The van der Waals surface area contributed by atoms with Crippen molar-refractivity contribution in [3.05, 3.63) is 17.2 Å². The first-order valence-corrected chi connectivity index (χ1v) is 6.06. The number of nitrogens with zero attached hydrogens (tertiary/aromatic N) is 1. The molecule has 3 heteroatoms. The maximum atomic E-state index is 6.05. The monoisotopic (exact) mass is 207 g/mol. The van der Waals surface area contributed by atoms with E-state index in [1.807, 2.05) is 0 Å². The van der Waals surface area contributed by atoms with Gasteiger partial charge in [0.05, 0.1) is 5.69 Å². The highest BCUT2D eigenvalue weighted by Crippen LogP contribution is 2.28. The third-order valence-corrected chi connectivity index (χ3v) is 3.31. The first-order chi connectivity index (χ1) is 7.22. The molecule has 0 aliphatic heterocycles. The highest BCUT2D eigenvalue weighted by molar-refractivity contribution is 5.22. The van der Waals surface area contributed by atoms with Gasteiger partial charge in [-0.3, -0.25) is 0 Å². The maximum Gasteiger partial charge on any atom is 0.109 e. The van der Waals surface area contributed by atoms with Gasteiger partial charge in [0, 0.05) is 17.7 Å². The summed E-state index contributed by atoms with van der Waals surface area (Å²) in [5.41, 5.74) is 8.46. The lowest BCUT2D eigenvalue weighted by molar-refractivity contribution is 0.554. The summed E-state index contributed by atoms with van der Waals surface area (Å²) in [4.78, 5) is 8.13. The molecule has 3 nitrogen and oxygen atoms in total. The van der Waals surface area contributed by atoms with Gasteiger partial charge in [-0.25, -0.2) is 4.98 Å². The lowest BCUT2D eigenvalue weighted by Gasteiger charge is -2.15. The summed E-state index contributed by atoms with van der Waals surface area (Å²) >= 11 is 0. The van der Waals surface area contributed by atoms with E-state index in [2.05, 4.69) is 23.8 Å². The van der Waals surface area contributed by atoms with Crippen molar-refractivity contribution in [3.63, 3.8) is 0 Å². The van der Waals surface area contributed by atoms with Crippen LogP contribution in [0.3, 0.4) is 0 Å². The first-order valence-electron chi connectivity index (χ1n) is 6.06. The number of aromatic amines is 1. The number of aromatic nitrogens is 2. The second kappa shape index (κ2) is 4.35. The summed E-state index contributed by atoms with van der Waals surface area (Å²) in [5.74, 6) is 1.67. The van der Waals surface area contributed by atoms with Crippen molar-refractivity contribution in [1.82, 2.24) is 9.97 Å². The van der Waals surface area contributed by atoms with Crippen molar-refractivity contribution < 1.29 is 0 Å². The van der Waals surface area contributed by atoms with E-state index in [0.29, 0.717) is 5.92 Å². The Balaban J connectivity index is 2.21. The van der Waals surface area contributed by atoms with Crippen LogP contribution in [-0.4, -0.2) is 9.97 Å². The fourth-order valence-electron chi connectivity index (χ4n) is 2.38. The van der Waals surface area contributed by atoms with Gasteiger partial charge in [0.25, 0.3) is 0 Å². The highest BCUT2D eigenvalue weighted by Gasteiger charge is 2.22. The number of rotatable bonds is 3. The number of hydrogen-bond acceptors (Lipinski definition) is 2. The third kappa shape index (κ3) is 2.07. The molecule has 2 rings (SSSR count). The standard InChI is InChI=1S/C12H21N3/c1-3-5-8(2)12-14-10-7-4-6-9(13)11(10)15-12/h8-9H,3-7,13H2,1-2H3,(H,14,15). The van der Waals surface area contributed by atoms with E-state index in [9.17, 15) is 0 Å². The summed E-state index contributed by atoms with van der Waals surface area (Å²) in [6, 6.07) is 0.160. The molecule has 0 spiro atoms.